The first-order chi connectivity index (χ1) is 14.4. The minimum Gasteiger partial charge on any atom is -0.444 e. The van der Waals surface area contributed by atoms with Gasteiger partial charge in [0.25, 0.3) is 0 Å². The molecule has 0 aliphatic heterocycles. The maximum atomic E-state index is 11.6. The molecule has 0 spiro atoms. The average molecular weight is 415 g/mol. The second-order valence-electron chi connectivity index (χ2n) is 8.02. The number of amides is 1. The highest BCUT2D eigenvalue weighted by molar-refractivity contribution is 6.03. The molecule has 1 amide bonds. The van der Waals surface area contributed by atoms with Crippen molar-refractivity contribution in [3.8, 4) is 0 Å². The number of carbonyl (C=O) groups excluding carboxylic acids is 1. The van der Waals surface area contributed by atoms with E-state index in [1.54, 1.807) is 7.11 Å². The molecule has 0 unspecified atom stereocenters. The molecule has 0 bridgehead atoms. The van der Waals surface area contributed by atoms with Gasteiger partial charge in [-0.05, 0) is 26.8 Å². The van der Waals surface area contributed by atoms with Crippen LogP contribution in [0.2, 0.25) is 0 Å². The normalized spacial score (nSPS) is 11.9. The van der Waals surface area contributed by atoms with E-state index in [1.807, 2.05) is 45.0 Å². The summed E-state index contributed by atoms with van der Waals surface area (Å²) in [7, 11) is 1.68. The second-order valence-corrected chi connectivity index (χ2v) is 8.02. The van der Waals surface area contributed by atoms with E-state index >= 15 is 0 Å². The number of hydrogen-bond acceptors (Lipinski definition) is 6. The molecule has 3 aromatic rings. The Labute approximate surface area is 176 Å². The van der Waals surface area contributed by atoms with Crippen LogP contribution in [0.25, 0.3) is 21.9 Å². The molecule has 8 nitrogen and oxygen atoms in total. The van der Waals surface area contributed by atoms with Gasteiger partial charge in [-0.2, -0.15) is 0 Å². The van der Waals surface area contributed by atoms with Crippen LogP contribution in [-0.4, -0.2) is 60.1 Å². The molecule has 162 valence electrons. The zero-order valence-electron chi connectivity index (χ0n) is 18.1. The molecule has 2 heterocycles. The van der Waals surface area contributed by atoms with Crippen LogP contribution in [-0.2, 0) is 27.1 Å². The van der Waals surface area contributed by atoms with Crippen LogP contribution in [0.3, 0.4) is 0 Å². The first-order valence-corrected chi connectivity index (χ1v) is 10.2. The number of benzene rings is 1. The highest BCUT2D eigenvalue weighted by Gasteiger charge is 2.16. The van der Waals surface area contributed by atoms with Crippen LogP contribution in [0, 0.1) is 0 Å². The van der Waals surface area contributed by atoms with Crippen molar-refractivity contribution in [1.82, 2.24) is 20.3 Å². The number of para-hydroxylation sites is 1. The van der Waals surface area contributed by atoms with Crippen molar-refractivity contribution >= 4 is 28.0 Å². The Morgan fingerprint density at radius 3 is 2.67 bits per heavy atom. The molecule has 1 aromatic carbocycles. The summed E-state index contributed by atoms with van der Waals surface area (Å²) in [5.74, 6) is 0.883. The smallest absolute Gasteiger partial charge is 0.407 e. The molecular formula is C22H30N4O4. The number of aromatic amines is 1. The van der Waals surface area contributed by atoms with Gasteiger partial charge in [-0.25, -0.2) is 9.78 Å². The Bertz CT molecular complexity index is 994. The van der Waals surface area contributed by atoms with Gasteiger partial charge in [0.05, 0.1) is 42.1 Å². The Morgan fingerprint density at radius 2 is 1.90 bits per heavy atom. The van der Waals surface area contributed by atoms with Crippen molar-refractivity contribution in [2.45, 2.75) is 39.2 Å². The summed E-state index contributed by atoms with van der Waals surface area (Å²) in [4.78, 5) is 24.6. The lowest BCUT2D eigenvalue weighted by Crippen LogP contribution is -2.34. The average Bonchev–Trinajstić information content (AvgIpc) is 3.12. The molecule has 2 N–H and O–H groups in total. The zero-order chi connectivity index (χ0) is 21.6. The second kappa shape index (κ2) is 9.86. The van der Waals surface area contributed by atoms with Gasteiger partial charge in [-0.3, -0.25) is 4.98 Å². The van der Waals surface area contributed by atoms with Gasteiger partial charge in [0, 0.05) is 31.9 Å². The van der Waals surface area contributed by atoms with Gasteiger partial charge >= 0.3 is 6.09 Å². The zero-order valence-corrected chi connectivity index (χ0v) is 18.1. The number of hydrogen-bond donors (Lipinski definition) is 2. The van der Waals surface area contributed by atoms with Gasteiger partial charge in [0.2, 0.25) is 0 Å². The lowest BCUT2D eigenvalue weighted by molar-refractivity contribution is 0.0500. The minimum atomic E-state index is -0.510. The third-order valence-corrected chi connectivity index (χ3v) is 4.40. The van der Waals surface area contributed by atoms with E-state index in [-0.39, 0.29) is 0 Å². The van der Waals surface area contributed by atoms with Gasteiger partial charge in [-0.15, -0.1) is 0 Å². The van der Waals surface area contributed by atoms with Gasteiger partial charge < -0.3 is 24.5 Å². The third kappa shape index (κ3) is 5.90. The summed E-state index contributed by atoms with van der Waals surface area (Å²) >= 11 is 0. The number of aromatic nitrogens is 3. The van der Waals surface area contributed by atoms with E-state index in [0.717, 1.165) is 33.5 Å². The number of H-pyrrole nitrogens is 1. The number of rotatable bonds is 9. The number of carbonyl (C=O) groups is 1. The molecule has 0 atom stereocenters. The summed E-state index contributed by atoms with van der Waals surface area (Å²) in [6.45, 7) is 7.37. The number of alkyl carbamates (subject to hydrolysis) is 1. The number of imidazole rings is 1. The molecule has 0 radical (unpaired) electrons. The van der Waals surface area contributed by atoms with Crippen molar-refractivity contribution in [2.24, 2.45) is 0 Å². The number of methoxy groups -OCH3 is 1. The van der Waals surface area contributed by atoms with Crippen LogP contribution >= 0.6 is 0 Å². The number of fused-ring (bicyclic) bond motifs is 3. The topological polar surface area (TPSA) is 98.4 Å². The van der Waals surface area contributed by atoms with Crippen LogP contribution in [0.4, 0.5) is 4.79 Å². The Hall–Kier alpha value is -2.71. The van der Waals surface area contributed by atoms with Crippen LogP contribution in [0.15, 0.2) is 24.3 Å². The fraction of sp³-hybridized carbons (Fsp3) is 0.500. The summed E-state index contributed by atoms with van der Waals surface area (Å²) in [6.07, 6.45) is 0.913. The SMILES string of the molecule is COCCc1nc2c([nH]1)c(CCOCCNC(=O)OC(C)(C)C)nc1ccccc12. The predicted octanol–water partition coefficient (Wildman–Crippen LogP) is 3.38. The molecule has 8 heteroatoms. The number of ether oxygens (including phenoxy) is 3. The predicted molar refractivity (Wildman–Crippen MR) is 116 cm³/mol. The van der Waals surface area contributed by atoms with Gasteiger partial charge in [0.1, 0.15) is 11.4 Å². The lowest BCUT2D eigenvalue weighted by atomic mass is 10.1. The van der Waals surface area contributed by atoms with Crippen molar-refractivity contribution in [3.05, 3.63) is 35.8 Å². The molecule has 30 heavy (non-hydrogen) atoms. The number of pyridine rings is 1. The minimum absolute atomic E-state index is 0.390. The summed E-state index contributed by atoms with van der Waals surface area (Å²) < 4.78 is 16.1. The largest absolute Gasteiger partial charge is 0.444 e. The lowest BCUT2D eigenvalue weighted by Gasteiger charge is -2.19. The van der Waals surface area contributed by atoms with E-state index in [9.17, 15) is 4.79 Å². The van der Waals surface area contributed by atoms with E-state index in [0.29, 0.717) is 39.2 Å². The molecule has 0 aliphatic carbocycles. The molecule has 0 fully saturated rings. The third-order valence-electron chi connectivity index (χ3n) is 4.40. The highest BCUT2D eigenvalue weighted by Crippen LogP contribution is 2.25. The van der Waals surface area contributed by atoms with E-state index in [1.165, 1.54) is 0 Å². The standard InChI is InChI=1S/C22H30N4O4/c1-22(2,3)30-21(27)23-11-14-29-13-9-17-20-19(25-18(26-20)10-12-28-4)15-7-5-6-8-16(15)24-17/h5-8H,9-14H2,1-4H3,(H,23,27)(H,25,26). The van der Waals surface area contributed by atoms with Gasteiger partial charge in [0.15, 0.2) is 0 Å². The Balaban J connectivity index is 1.61. The maximum Gasteiger partial charge on any atom is 0.407 e. The van der Waals surface area contributed by atoms with Crippen LogP contribution in [0.1, 0.15) is 32.3 Å². The molecule has 0 aliphatic rings. The first kappa shape index (κ1) is 22.0. The van der Waals surface area contributed by atoms with Crippen molar-refractivity contribution in [1.29, 1.82) is 0 Å². The molecule has 0 saturated carbocycles. The van der Waals surface area contributed by atoms with Crippen LogP contribution in [0.5, 0.6) is 0 Å². The Kier molecular flexibility index (Phi) is 7.23. The summed E-state index contributed by atoms with van der Waals surface area (Å²) in [5, 5.41) is 3.71. The number of nitrogens with one attached hydrogen (secondary N) is 2. The maximum absolute atomic E-state index is 11.6. The van der Waals surface area contributed by atoms with Crippen molar-refractivity contribution in [3.63, 3.8) is 0 Å². The number of nitrogens with zero attached hydrogens (tertiary/aromatic N) is 2. The van der Waals surface area contributed by atoms with Gasteiger partial charge in [-0.1, -0.05) is 18.2 Å². The fourth-order valence-corrected chi connectivity index (χ4v) is 3.11. The summed E-state index contributed by atoms with van der Waals surface area (Å²) in [6, 6.07) is 8.00. The van der Waals surface area contributed by atoms with E-state index in [4.69, 9.17) is 24.2 Å². The molecule has 0 saturated heterocycles. The van der Waals surface area contributed by atoms with Crippen molar-refractivity contribution < 1.29 is 19.0 Å². The molecule has 3 rings (SSSR count). The van der Waals surface area contributed by atoms with E-state index < -0.39 is 11.7 Å². The summed E-state index contributed by atoms with van der Waals surface area (Å²) in [5.41, 5.74) is 3.18. The molecule has 2 aromatic heterocycles. The van der Waals surface area contributed by atoms with Crippen molar-refractivity contribution in [2.75, 3.05) is 33.5 Å². The Morgan fingerprint density at radius 1 is 1.10 bits per heavy atom. The highest BCUT2D eigenvalue weighted by atomic mass is 16.6. The van der Waals surface area contributed by atoms with E-state index in [2.05, 4.69) is 10.3 Å². The fourth-order valence-electron chi connectivity index (χ4n) is 3.11. The monoisotopic (exact) mass is 414 g/mol. The molecular weight excluding hydrogens is 384 g/mol. The first-order valence-electron chi connectivity index (χ1n) is 10.2. The quantitative estimate of drug-likeness (QED) is 0.521. The van der Waals surface area contributed by atoms with Crippen LogP contribution < -0.4 is 5.32 Å².